The van der Waals surface area contributed by atoms with Gasteiger partial charge in [-0.3, -0.25) is 9.78 Å². The summed E-state index contributed by atoms with van der Waals surface area (Å²) in [5.74, 6) is 0.0960. The Hall–Kier alpha value is -2.04. The molecule has 2 aromatic rings. The molecule has 22 heavy (non-hydrogen) atoms. The molecule has 0 aliphatic heterocycles. The number of hydrogen-bond acceptors (Lipinski definition) is 3. The second-order valence-electron chi connectivity index (χ2n) is 6.48. The zero-order chi connectivity index (χ0) is 15.7. The Balaban J connectivity index is 1.85. The number of hydrogen-bond donors (Lipinski definition) is 2. The molecule has 1 aromatic heterocycles. The van der Waals surface area contributed by atoms with Gasteiger partial charge in [0.25, 0.3) is 0 Å². The summed E-state index contributed by atoms with van der Waals surface area (Å²) in [4.78, 5) is 26.3. The summed E-state index contributed by atoms with van der Waals surface area (Å²) >= 11 is 0. The largest absolute Gasteiger partial charge is 0.417 e. The highest BCUT2D eigenvalue weighted by molar-refractivity contribution is 5.80. The van der Waals surface area contributed by atoms with Crippen LogP contribution in [0.3, 0.4) is 0 Å². The first kappa shape index (κ1) is 14.9. The van der Waals surface area contributed by atoms with Gasteiger partial charge < -0.3 is 9.73 Å². The van der Waals surface area contributed by atoms with E-state index in [9.17, 15) is 9.59 Å². The molecule has 1 aromatic carbocycles. The molecule has 1 amide bonds. The van der Waals surface area contributed by atoms with Gasteiger partial charge >= 0.3 is 5.76 Å². The summed E-state index contributed by atoms with van der Waals surface area (Å²) in [5.41, 5.74) is 2.18. The predicted octanol–water partition coefficient (Wildman–Crippen LogP) is 3.12. The SMILES string of the molecule is CC(C)[C@@H](NC(=O)C1CCCC1)c1ccc2[nH]c(=O)oc2c1. The van der Waals surface area contributed by atoms with Crippen LogP contribution >= 0.6 is 0 Å². The molecular formula is C17H22N2O3. The standard InChI is InChI=1S/C17H22N2O3/c1-10(2)15(19-16(20)11-5-3-4-6-11)12-7-8-13-14(9-12)22-17(21)18-13/h7-11,15H,3-6H2,1-2H3,(H,18,21)(H,19,20)/t15-/m1/s1. The number of H-pyrrole nitrogens is 1. The quantitative estimate of drug-likeness (QED) is 0.911. The van der Waals surface area contributed by atoms with E-state index in [4.69, 9.17) is 4.42 Å². The van der Waals surface area contributed by atoms with Crippen molar-refractivity contribution in [2.75, 3.05) is 0 Å². The van der Waals surface area contributed by atoms with Crippen LogP contribution in [0.4, 0.5) is 0 Å². The summed E-state index contributed by atoms with van der Waals surface area (Å²) in [6, 6.07) is 5.53. The molecule has 5 nitrogen and oxygen atoms in total. The van der Waals surface area contributed by atoms with Crippen molar-refractivity contribution in [3.05, 3.63) is 34.3 Å². The van der Waals surface area contributed by atoms with Gasteiger partial charge in [0.05, 0.1) is 11.6 Å². The van der Waals surface area contributed by atoms with Crippen LogP contribution in [-0.2, 0) is 4.79 Å². The van der Waals surface area contributed by atoms with Gasteiger partial charge in [-0.2, -0.15) is 0 Å². The van der Waals surface area contributed by atoms with E-state index in [1.165, 1.54) is 0 Å². The van der Waals surface area contributed by atoms with Crippen molar-refractivity contribution in [3.8, 4) is 0 Å². The van der Waals surface area contributed by atoms with Crippen LogP contribution in [0, 0.1) is 11.8 Å². The van der Waals surface area contributed by atoms with Crippen LogP contribution in [0.15, 0.2) is 27.4 Å². The number of rotatable bonds is 4. The van der Waals surface area contributed by atoms with Gasteiger partial charge in [-0.15, -0.1) is 0 Å². The molecule has 0 bridgehead atoms. The van der Waals surface area contributed by atoms with Crippen molar-refractivity contribution in [2.45, 2.75) is 45.6 Å². The minimum Gasteiger partial charge on any atom is -0.408 e. The monoisotopic (exact) mass is 302 g/mol. The summed E-state index contributed by atoms with van der Waals surface area (Å²) in [6.07, 6.45) is 4.26. The zero-order valence-corrected chi connectivity index (χ0v) is 13.0. The number of amides is 1. The lowest BCUT2D eigenvalue weighted by atomic mass is 9.94. The molecule has 1 aliphatic rings. The number of oxazole rings is 1. The van der Waals surface area contributed by atoms with Crippen LogP contribution in [0.25, 0.3) is 11.1 Å². The third-order valence-corrected chi connectivity index (χ3v) is 4.49. The lowest BCUT2D eigenvalue weighted by Crippen LogP contribution is -2.35. The predicted molar refractivity (Wildman–Crippen MR) is 84.5 cm³/mol. The second-order valence-corrected chi connectivity index (χ2v) is 6.48. The second kappa shape index (κ2) is 5.99. The lowest BCUT2D eigenvalue weighted by Gasteiger charge is -2.24. The number of benzene rings is 1. The molecule has 3 rings (SSSR count). The van der Waals surface area contributed by atoms with Crippen LogP contribution in [0.1, 0.15) is 51.1 Å². The third-order valence-electron chi connectivity index (χ3n) is 4.49. The zero-order valence-electron chi connectivity index (χ0n) is 13.0. The van der Waals surface area contributed by atoms with Gasteiger partial charge in [0, 0.05) is 5.92 Å². The molecule has 0 unspecified atom stereocenters. The molecule has 1 aliphatic carbocycles. The molecule has 5 heteroatoms. The van der Waals surface area contributed by atoms with Crippen molar-refractivity contribution in [2.24, 2.45) is 11.8 Å². The van der Waals surface area contributed by atoms with Crippen molar-refractivity contribution in [3.63, 3.8) is 0 Å². The molecule has 1 atom stereocenters. The lowest BCUT2D eigenvalue weighted by molar-refractivity contribution is -0.125. The first-order valence-corrected chi connectivity index (χ1v) is 7.98. The maximum atomic E-state index is 12.4. The maximum Gasteiger partial charge on any atom is 0.417 e. The minimum absolute atomic E-state index is 0.0716. The Labute approximate surface area is 129 Å². The fourth-order valence-corrected chi connectivity index (χ4v) is 3.25. The number of nitrogens with one attached hydrogen (secondary N) is 2. The topological polar surface area (TPSA) is 75.1 Å². The van der Waals surface area contributed by atoms with Crippen molar-refractivity contribution in [1.82, 2.24) is 10.3 Å². The minimum atomic E-state index is -0.455. The average molecular weight is 302 g/mol. The van der Waals surface area contributed by atoms with Gasteiger partial charge in [-0.25, -0.2) is 4.79 Å². The van der Waals surface area contributed by atoms with Crippen LogP contribution < -0.4 is 11.1 Å². The van der Waals surface area contributed by atoms with E-state index in [-0.39, 0.29) is 23.8 Å². The van der Waals surface area contributed by atoms with Gasteiger partial charge in [0.2, 0.25) is 5.91 Å². The van der Waals surface area contributed by atoms with Crippen molar-refractivity contribution in [1.29, 1.82) is 0 Å². The highest BCUT2D eigenvalue weighted by Gasteiger charge is 2.26. The molecule has 118 valence electrons. The molecular weight excluding hydrogens is 280 g/mol. The fraction of sp³-hybridized carbons (Fsp3) is 0.529. The van der Waals surface area contributed by atoms with E-state index >= 15 is 0 Å². The van der Waals surface area contributed by atoms with Gasteiger partial charge in [0.1, 0.15) is 0 Å². The molecule has 0 radical (unpaired) electrons. The van der Waals surface area contributed by atoms with E-state index in [1.807, 2.05) is 18.2 Å². The molecule has 0 saturated heterocycles. The van der Waals surface area contributed by atoms with Crippen LogP contribution in [0.2, 0.25) is 0 Å². The Morgan fingerprint density at radius 1 is 1.32 bits per heavy atom. The Morgan fingerprint density at radius 2 is 2.05 bits per heavy atom. The van der Waals surface area contributed by atoms with Crippen LogP contribution in [-0.4, -0.2) is 10.9 Å². The van der Waals surface area contributed by atoms with Crippen LogP contribution in [0.5, 0.6) is 0 Å². The highest BCUT2D eigenvalue weighted by atomic mass is 16.4. The number of fused-ring (bicyclic) bond motifs is 1. The summed E-state index contributed by atoms with van der Waals surface area (Å²) in [6.45, 7) is 4.16. The molecule has 1 fully saturated rings. The maximum absolute atomic E-state index is 12.4. The highest BCUT2D eigenvalue weighted by Crippen LogP contribution is 2.28. The van der Waals surface area contributed by atoms with E-state index < -0.39 is 5.76 Å². The number of carbonyl (C=O) groups is 1. The Bertz CT molecular complexity index is 723. The summed E-state index contributed by atoms with van der Waals surface area (Å²) in [7, 11) is 0. The Morgan fingerprint density at radius 3 is 2.73 bits per heavy atom. The summed E-state index contributed by atoms with van der Waals surface area (Å²) < 4.78 is 5.12. The van der Waals surface area contributed by atoms with Gasteiger partial charge in [0.15, 0.2) is 5.58 Å². The molecule has 1 saturated carbocycles. The first-order valence-electron chi connectivity index (χ1n) is 7.98. The van der Waals surface area contributed by atoms with E-state index in [0.717, 1.165) is 31.2 Å². The van der Waals surface area contributed by atoms with Gasteiger partial charge in [-0.05, 0) is 36.5 Å². The first-order chi connectivity index (χ1) is 10.5. The summed E-state index contributed by atoms with van der Waals surface area (Å²) in [5, 5.41) is 3.18. The van der Waals surface area contributed by atoms with Crippen molar-refractivity contribution < 1.29 is 9.21 Å². The average Bonchev–Trinajstić information content (AvgIpc) is 3.11. The number of aromatic nitrogens is 1. The molecule has 1 heterocycles. The smallest absolute Gasteiger partial charge is 0.408 e. The fourth-order valence-electron chi connectivity index (χ4n) is 3.25. The van der Waals surface area contributed by atoms with Gasteiger partial charge in [-0.1, -0.05) is 32.8 Å². The normalized spacial score (nSPS) is 17.2. The molecule has 2 N–H and O–H groups in total. The Kier molecular flexibility index (Phi) is 4.05. The van der Waals surface area contributed by atoms with E-state index in [1.54, 1.807) is 0 Å². The third kappa shape index (κ3) is 2.93. The molecule has 0 spiro atoms. The number of carbonyl (C=O) groups excluding carboxylic acids is 1. The van der Waals surface area contributed by atoms with Crippen molar-refractivity contribution >= 4 is 17.0 Å². The van der Waals surface area contributed by atoms with E-state index in [0.29, 0.717) is 11.1 Å². The van der Waals surface area contributed by atoms with E-state index in [2.05, 4.69) is 24.1 Å². The number of aromatic amines is 1.